The smallest absolute Gasteiger partial charge is 0.352 e. The molecule has 2 aromatic rings. The Bertz CT molecular complexity index is 1390. The second kappa shape index (κ2) is 10.6. The molecule has 2 saturated heterocycles. The van der Waals surface area contributed by atoms with Gasteiger partial charge in [0.05, 0.1) is 0 Å². The third-order valence-corrected chi connectivity index (χ3v) is 9.16. The molecule has 0 aliphatic carbocycles. The van der Waals surface area contributed by atoms with Gasteiger partial charge in [-0.2, -0.15) is 11.8 Å². The van der Waals surface area contributed by atoms with Crippen molar-refractivity contribution in [3.63, 3.8) is 0 Å². The Balaban J connectivity index is 1.34. The first-order valence-corrected chi connectivity index (χ1v) is 14.3. The van der Waals surface area contributed by atoms with Crippen LogP contribution >= 0.6 is 34.9 Å². The van der Waals surface area contributed by atoms with E-state index in [-0.39, 0.29) is 40.4 Å². The maximum Gasteiger partial charge on any atom is 0.352 e. The lowest BCUT2D eigenvalue weighted by Gasteiger charge is -2.49. The lowest BCUT2D eigenvalue weighted by Crippen LogP contribution is -2.71. The van der Waals surface area contributed by atoms with Gasteiger partial charge >= 0.3 is 5.97 Å². The number of oxime groups is 1. The van der Waals surface area contributed by atoms with E-state index in [2.05, 4.69) is 15.5 Å². The summed E-state index contributed by atoms with van der Waals surface area (Å²) >= 11 is 4.15. The molecule has 198 valence electrons. The first-order valence-electron chi connectivity index (χ1n) is 11.3. The van der Waals surface area contributed by atoms with Gasteiger partial charge in [0.25, 0.3) is 17.7 Å². The fraction of sp³-hybridized carbons (Fsp3) is 0.318. The number of amides is 3. The second-order valence-electron chi connectivity index (χ2n) is 8.52. The SMILES string of the molecule is NC(=O)c1ccc[n+](CC2=C(C(=O)O)N3C(=O)C(NC(=O)C(=NOC4CSC4)c4csc(N)n4)[C@H]3SC2)c1. The van der Waals surface area contributed by atoms with Crippen molar-refractivity contribution < 1.29 is 33.7 Å². The topological polar surface area (TPSA) is 194 Å². The molecule has 5 heterocycles. The molecule has 3 aliphatic rings. The molecule has 2 atom stereocenters. The molecule has 0 aromatic carbocycles. The maximum atomic E-state index is 13.2. The van der Waals surface area contributed by atoms with E-state index in [1.54, 1.807) is 40.0 Å². The highest BCUT2D eigenvalue weighted by atomic mass is 32.2. The lowest BCUT2D eigenvalue weighted by atomic mass is 10.0. The highest BCUT2D eigenvalue weighted by Crippen LogP contribution is 2.40. The number of carboxylic acids is 1. The van der Waals surface area contributed by atoms with Crippen LogP contribution in [-0.4, -0.2) is 79.2 Å². The Kier molecular flexibility index (Phi) is 7.27. The third kappa shape index (κ3) is 5.06. The standard InChI is InChI=1S/C22H21N7O6S3/c23-17(30)10-2-1-3-28(4-10)5-11-6-37-20-15(19(32)29(20)16(11)21(33)34)26-18(31)14(13-9-38-22(24)25-13)27-35-12-7-36-8-12/h1-4,9,12,15,20H,5-8H2,(H5-,23,24,25,26,30,31,33,34)/p+1/t15?,20-/m1/s1. The van der Waals surface area contributed by atoms with Crippen molar-refractivity contribution in [3.8, 4) is 0 Å². The van der Waals surface area contributed by atoms with Gasteiger partial charge in [-0.15, -0.1) is 23.1 Å². The van der Waals surface area contributed by atoms with Crippen LogP contribution in [0.25, 0.3) is 0 Å². The quantitative estimate of drug-likeness (QED) is 0.129. The van der Waals surface area contributed by atoms with E-state index >= 15 is 0 Å². The number of nitrogen functional groups attached to an aromatic ring is 1. The number of carboxylic acid groups (broad SMARTS) is 1. The number of thioether (sulfide) groups is 2. The van der Waals surface area contributed by atoms with Crippen LogP contribution in [0.3, 0.4) is 0 Å². The summed E-state index contributed by atoms with van der Waals surface area (Å²) < 4.78 is 1.63. The number of fused-ring (bicyclic) bond motifs is 1. The normalized spacial score (nSPS) is 21.3. The highest BCUT2D eigenvalue weighted by Gasteiger charge is 2.54. The summed E-state index contributed by atoms with van der Waals surface area (Å²) in [6, 6.07) is 2.22. The Morgan fingerprint density at radius 2 is 2.13 bits per heavy atom. The third-order valence-electron chi connectivity index (χ3n) is 5.93. The Morgan fingerprint density at radius 3 is 2.76 bits per heavy atom. The van der Waals surface area contributed by atoms with E-state index in [0.29, 0.717) is 11.3 Å². The number of hydrogen-bond acceptors (Lipinski definition) is 11. The molecule has 0 radical (unpaired) electrons. The maximum absolute atomic E-state index is 13.2. The largest absolute Gasteiger partial charge is 0.477 e. The van der Waals surface area contributed by atoms with Gasteiger partial charge in [-0.05, 0) is 6.07 Å². The average Bonchev–Trinajstić information content (AvgIpc) is 3.29. The van der Waals surface area contributed by atoms with Crippen LogP contribution in [0.4, 0.5) is 5.13 Å². The Hall–Kier alpha value is -3.63. The zero-order valence-electron chi connectivity index (χ0n) is 19.6. The molecule has 38 heavy (non-hydrogen) atoms. The number of thiazole rings is 1. The number of anilines is 1. The molecule has 1 unspecified atom stereocenters. The number of nitrogens with two attached hydrogens (primary N) is 2. The first kappa shape index (κ1) is 26.0. The van der Waals surface area contributed by atoms with E-state index in [1.807, 2.05) is 0 Å². The van der Waals surface area contributed by atoms with Crippen LogP contribution in [0.5, 0.6) is 0 Å². The van der Waals surface area contributed by atoms with Gasteiger partial charge in [-0.1, -0.05) is 5.16 Å². The van der Waals surface area contributed by atoms with Gasteiger partial charge in [0.15, 0.2) is 29.8 Å². The summed E-state index contributed by atoms with van der Waals surface area (Å²) in [5.74, 6) is -1.30. The number of aliphatic carboxylic acids is 1. The number of carbonyl (C=O) groups excluding carboxylic acids is 3. The van der Waals surface area contributed by atoms with Crippen LogP contribution in [0, 0.1) is 0 Å². The molecular formula is C22H22N7O6S3+. The predicted molar refractivity (Wildman–Crippen MR) is 140 cm³/mol. The minimum atomic E-state index is -1.26. The van der Waals surface area contributed by atoms with Crippen molar-refractivity contribution in [2.45, 2.75) is 24.1 Å². The van der Waals surface area contributed by atoms with Crippen LogP contribution in [0.15, 0.2) is 46.3 Å². The number of aromatic nitrogens is 2. The minimum absolute atomic E-state index is 0.109. The van der Waals surface area contributed by atoms with Crippen molar-refractivity contribution in [3.05, 3.63) is 52.4 Å². The molecule has 2 fully saturated rings. The van der Waals surface area contributed by atoms with Crippen molar-refractivity contribution in [1.82, 2.24) is 15.2 Å². The van der Waals surface area contributed by atoms with Crippen LogP contribution < -0.4 is 21.4 Å². The van der Waals surface area contributed by atoms with E-state index in [0.717, 1.165) is 22.8 Å². The molecule has 3 amide bonds. The zero-order valence-corrected chi connectivity index (χ0v) is 22.1. The zero-order chi connectivity index (χ0) is 27.0. The lowest BCUT2D eigenvalue weighted by molar-refractivity contribution is -0.689. The molecule has 0 spiro atoms. The highest BCUT2D eigenvalue weighted by molar-refractivity contribution is 8.00. The number of pyridine rings is 1. The van der Waals surface area contributed by atoms with E-state index in [1.165, 1.54) is 22.9 Å². The van der Waals surface area contributed by atoms with Gasteiger partial charge < -0.3 is 26.7 Å². The Labute approximate surface area is 228 Å². The predicted octanol–water partition coefficient (Wildman–Crippen LogP) is -0.613. The summed E-state index contributed by atoms with van der Waals surface area (Å²) in [4.78, 5) is 60.7. The van der Waals surface area contributed by atoms with Crippen LogP contribution in [0.1, 0.15) is 16.1 Å². The molecular weight excluding hydrogens is 554 g/mol. The molecule has 0 bridgehead atoms. The summed E-state index contributed by atoms with van der Waals surface area (Å²) in [6.07, 6.45) is 3.08. The fourth-order valence-corrected chi connectivity index (χ4v) is 6.44. The number of nitrogens with one attached hydrogen (secondary N) is 1. The van der Waals surface area contributed by atoms with E-state index in [9.17, 15) is 24.3 Å². The van der Waals surface area contributed by atoms with Crippen molar-refractivity contribution in [1.29, 1.82) is 0 Å². The molecule has 5 rings (SSSR count). The van der Waals surface area contributed by atoms with Gasteiger partial charge in [0, 0.05) is 34.3 Å². The van der Waals surface area contributed by atoms with Gasteiger partial charge in [0.1, 0.15) is 34.5 Å². The summed E-state index contributed by atoms with van der Waals surface area (Å²) in [6.45, 7) is 0.141. The van der Waals surface area contributed by atoms with Gasteiger partial charge in [-0.25, -0.2) is 14.3 Å². The second-order valence-corrected chi connectivity index (χ2v) is 11.6. The van der Waals surface area contributed by atoms with Crippen LogP contribution in [-0.2, 0) is 25.8 Å². The summed E-state index contributed by atoms with van der Waals surface area (Å²) in [7, 11) is 0. The molecule has 3 aliphatic heterocycles. The molecule has 0 saturated carbocycles. The average molecular weight is 577 g/mol. The first-order chi connectivity index (χ1) is 18.2. The van der Waals surface area contributed by atoms with E-state index < -0.39 is 35.1 Å². The summed E-state index contributed by atoms with van der Waals surface area (Å²) in [5.41, 5.74) is 11.8. The number of primary amides is 1. The van der Waals surface area contributed by atoms with E-state index in [4.69, 9.17) is 16.3 Å². The molecule has 16 heteroatoms. The summed E-state index contributed by atoms with van der Waals surface area (Å²) in [5, 5.41) is 17.8. The molecule has 6 N–H and O–H groups in total. The number of β-lactam (4-membered cyclic amide) rings is 1. The van der Waals surface area contributed by atoms with Gasteiger partial charge in [-0.3, -0.25) is 19.3 Å². The van der Waals surface area contributed by atoms with Crippen molar-refractivity contribution >= 4 is 69.4 Å². The van der Waals surface area contributed by atoms with Crippen LogP contribution in [0.2, 0.25) is 0 Å². The number of rotatable bonds is 9. The van der Waals surface area contributed by atoms with Gasteiger partial charge in [0.2, 0.25) is 0 Å². The molecule has 2 aromatic heterocycles. The fourth-order valence-electron chi connectivity index (χ4n) is 4.00. The number of hydrogen-bond donors (Lipinski definition) is 4. The minimum Gasteiger partial charge on any atom is -0.477 e. The van der Waals surface area contributed by atoms with Crippen molar-refractivity contribution in [2.75, 3.05) is 23.0 Å². The number of carbonyl (C=O) groups is 4. The monoisotopic (exact) mass is 576 g/mol. The van der Waals surface area contributed by atoms with Crippen molar-refractivity contribution in [2.24, 2.45) is 10.9 Å². The Morgan fingerprint density at radius 1 is 1.34 bits per heavy atom. The molecule has 13 nitrogen and oxygen atoms in total. The number of nitrogens with zero attached hydrogens (tertiary/aromatic N) is 4.